The molecule has 2 amide bonds. The Hall–Kier alpha value is -3.13. The van der Waals surface area contributed by atoms with Crippen molar-refractivity contribution in [3.05, 3.63) is 58.1 Å². The summed E-state index contributed by atoms with van der Waals surface area (Å²) in [5.74, 6) is -0.417. The topological polar surface area (TPSA) is 115 Å². The minimum atomic E-state index is -0.545. The fraction of sp³-hybridized carbons (Fsp3) is 0.350. The molecular weight excluding hydrogens is 362 g/mol. The molecule has 1 fully saturated rings. The third kappa shape index (κ3) is 5.43. The van der Waals surface area contributed by atoms with E-state index in [1.807, 2.05) is 0 Å². The van der Waals surface area contributed by atoms with Crippen molar-refractivity contribution in [1.29, 1.82) is 0 Å². The molecule has 148 valence electrons. The first-order valence-electron chi connectivity index (χ1n) is 9.18. The van der Waals surface area contributed by atoms with Gasteiger partial charge >= 0.3 is 0 Å². The monoisotopic (exact) mass is 385 g/mol. The number of ether oxygens (including phenoxy) is 1. The third-order valence-corrected chi connectivity index (χ3v) is 4.49. The second-order valence-corrected chi connectivity index (χ2v) is 6.69. The third-order valence-electron chi connectivity index (χ3n) is 4.49. The van der Waals surface area contributed by atoms with Crippen LogP contribution in [0.2, 0.25) is 0 Å². The summed E-state index contributed by atoms with van der Waals surface area (Å²) in [6, 6.07) is 7.54. The Bertz CT molecular complexity index is 885. The van der Waals surface area contributed by atoms with Crippen molar-refractivity contribution in [3.63, 3.8) is 0 Å². The fourth-order valence-electron chi connectivity index (χ4n) is 3.02. The lowest BCUT2D eigenvalue weighted by Gasteiger charge is -2.25. The number of benzene rings is 1. The first kappa shape index (κ1) is 19.6. The number of likely N-dealkylation sites (tertiary alicyclic amines) is 1. The van der Waals surface area contributed by atoms with Crippen LogP contribution in [-0.4, -0.2) is 36.4 Å². The van der Waals surface area contributed by atoms with Crippen molar-refractivity contribution in [2.75, 3.05) is 25.0 Å². The SMILES string of the molecule is NC(=O)c1ccc(NC(=O)COc2coc(CN3CCCCC3)cc2=O)cc1. The maximum atomic E-state index is 12.2. The van der Waals surface area contributed by atoms with Gasteiger partial charge in [-0.2, -0.15) is 0 Å². The molecule has 0 aliphatic carbocycles. The van der Waals surface area contributed by atoms with Crippen molar-refractivity contribution in [2.45, 2.75) is 25.8 Å². The van der Waals surface area contributed by atoms with E-state index in [4.69, 9.17) is 14.9 Å². The van der Waals surface area contributed by atoms with Crippen LogP contribution in [0.4, 0.5) is 5.69 Å². The van der Waals surface area contributed by atoms with E-state index in [-0.39, 0.29) is 17.8 Å². The van der Waals surface area contributed by atoms with Crippen LogP contribution >= 0.6 is 0 Å². The molecule has 2 heterocycles. The van der Waals surface area contributed by atoms with Gasteiger partial charge in [0.1, 0.15) is 12.0 Å². The largest absolute Gasteiger partial charge is 0.477 e. The van der Waals surface area contributed by atoms with Crippen LogP contribution < -0.4 is 21.2 Å². The van der Waals surface area contributed by atoms with Crippen LogP contribution in [0.1, 0.15) is 35.4 Å². The molecule has 28 heavy (non-hydrogen) atoms. The molecule has 1 aliphatic heterocycles. The molecule has 0 saturated carbocycles. The zero-order chi connectivity index (χ0) is 19.9. The average molecular weight is 385 g/mol. The number of nitrogens with one attached hydrogen (secondary N) is 1. The summed E-state index contributed by atoms with van der Waals surface area (Å²) in [5.41, 5.74) is 5.68. The van der Waals surface area contributed by atoms with Crippen LogP contribution in [0.25, 0.3) is 0 Å². The summed E-state index contributed by atoms with van der Waals surface area (Å²) < 4.78 is 10.8. The Morgan fingerprint density at radius 2 is 1.86 bits per heavy atom. The van der Waals surface area contributed by atoms with Crippen LogP contribution in [0.3, 0.4) is 0 Å². The quantitative estimate of drug-likeness (QED) is 0.750. The molecule has 0 atom stereocenters. The molecule has 3 N–H and O–H groups in total. The number of carbonyl (C=O) groups excluding carboxylic acids is 2. The lowest BCUT2D eigenvalue weighted by atomic mass is 10.1. The molecule has 3 rings (SSSR count). The minimum Gasteiger partial charge on any atom is -0.477 e. The molecule has 0 radical (unpaired) electrons. The number of hydrogen-bond acceptors (Lipinski definition) is 6. The number of amides is 2. The standard InChI is InChI=1S/C20H23N3O5/c21-20(26)14-4-6-15(7-5-14)22-19(25)13-28-18-12-27-16(10-17(18)24)11-23-8-2-1-3-9-23/h4-7,10,12H,1-3,8-9,11,13H2,(H2,21,26)(H,22,25). The molecule has 2 aromatic rings. The van der Waals surface area contributed by atoms with E-state index >= 15 is 0 Å². The zero-order valence-electron chi connectivity index (χ0n) is 15.5. The number of nitrogens with zero attached hydrogens (tertiary/aromatic N) is 1. The Morgan fingerprint density at radius 3 is 2.50 bits per heavy atom. The smallest absolute Gasteiger partial charge is 0.262 e. The van der Waals surface area contributed by atoms with E-state index < -0.39 is 11.8 Å². The predicted molar refractivity (Wildman–Crippen MR) is 103 cm³/mol. The van der Waals surface area contributed by atoms with Gasteiger partial charge in [-0.25, -0.2) is 0 Å². The van der Waals surface area contributed by atoms with Gasteiger partial charge in [-0.1, -0.05) is 6.42 Å². The molecule has 0 bridgehead atoms. The minimum absolute atomic E-state index is 0.0124. The molecule has 0 spiro atoms. The van der Waals surface area contributed by atoms with Crippen molar-refractivity contribution in [2.24, 2.45) is 5.73 Å². The molecule has 1 aromatic carbocycles. The summed E-state index contributed by atoms with van der Waals surface area (Å²) in [6.45, 7) is 2.26. The van der Waals surface area contributed by atoms with Gasteiger partial charge in [0, 0.05) is 17.3 Å². The molecule has 8 heteroatoms. The molecule has 8 nitrogen and oxygen atoms in total. The van der Waals surface area contributed by atoms with Crippen molar-refractivity contribution < 1.29 is 18.7 Å². The maximum absolute atomic E-state index is 12.2. The highest BCUT2D eigenvalue weighted by molar-refractivity contribution is 5.95. The normalized spacial score (nSPS) is 14.4. The summed E-state index contributed by atoms with van der Waals surface area (Å²) in [5, 5.41) is 2.61. The highest BCUT2D eigenvalue weighted by Crippen LogP contribution is 2.14. The number of hydrogen-bond donors (Lipinski definition) is 2. The van der Waals surface area contributed by atoms with Crippen molar-refractivity contribution in [1.82, 2.24) is 4.90 Å². The summed E-state index contributed by atoms with van der Waals surface area (Å²) in [4.78, 5) is 37.4. The van der Waals surface area contributed by atoms with Gasteiger partial charge < -0.3 is 20.2 Å². The molecule has 1 aromatic heterocycles. The first-order valence-corrected chi connectivity index (χ1v) is 9.18. The van der Waals surface area contributed by atoms with Gasteiger partial charge in [-0.15, -0.1) is 0 Å². The lowest BCUT2D eigenvalue weighted by Crippen LogP contribution is -2.29. The molecule has 0 unspecified atom stereocenters. The van der Waals surface area contributed by atoms with Gasteiger partial charge in [0.15, 0.2) is 6.61 Å². The Kier molecular flexibility index (Phi) is 6.44. The maximum Gasteiger partial charge on any atom is 0.262 e. The van der Waals surface area contributed by atoms with Crippen LogP contribution in [0.15, 0.2) is 45.8 Å². The van der Waals surface area contributed by atoms with Gasteiger partial charge in [-0.05, 0) is 50.2 Å². The Labute approximate surface area is 162 Å². The number of anilines is 1. The van der Waals surface area contributed by atoms with Crippen LogP contribution in [-0.2, 0) is 11.3 Å². The number of carbonyl (C=O) groups is 2. The summed E-state index contributed by atoms with van der Waals surface area (Å²) in [7, 11) is 0. The van der Waals surface area contributed by atoms with Gasteiger partial charge in [-0.3, -0.25) is 19.3 Å². The van der Waals surface area contributed by atoms with Gasteiger partial charge in [0.2, 0.25) is 17.1 Å². The van der Waals surface area contributed by atoms with E-state index in [0.29, 0.717) is 23.6 Å². The number of primary amides is 1. The summed E-state index contributed by atoms with van der Waals surface area (Å²) >= 11 is 0. The Balaban J connectivity index is 1.51. The van der Waals surface area contributed by atoms with E-state index in [0.717, 1.165) is 25.9 Å². The van der Waals surface area contributed by atoms with Crippen LogP contribution in [0.5, 0.6) is 5.75 Å². The highest BCUT2D eigenvalue weighted by Gasteiger charge is 2.13. The number of nitrogens with two attached hydrogens (primary N) is 1. The lowest BCUT2D eigenvalue weighted by molar-refractivity contribution is -0.118. The first-order chi connectivity index (χ1) is 13.5. The van der Waals surface area contributed by atoms with Crippen LogP contribution in [0, 0.1) is 0 Å². The predicted octanol–water partition coefficient (Wildman–Crippen LogP) is 1.74. The average Bonchev–Trinajstić information content (AvgIpc) is 2.68. The number of rotatable bonds is 7. The van der Waals surface area contributed by atoms with E-state index in [1.165, 1.54) is 30.9 Å². The second-order valence-electron chi connectivity index (χ2n) is 6.69. The van der Waals surface area contributed by atoms with Gasteiger partial charge in [0.25, 0.3) is 5.91 Å². The summed E-state index contributed by atoms with van der Waals surface area (Å²) in [6.07, 6.45) is 4.80. The fourth-order valence-corrected chi connectivity index (χ4v) is 3.02. The van der Waals surface area contributed by atoms with Crippen molar-refractivity contribution >= 4 is 17.5 Å². The second kappa shape index (κ2) is 9.18. The van der Waals surface area contributed by atoms with E-state index in [1.54, 1.807) is 12.1 Å². The molecule has 1 saturated heterocycles. The van der Waals surface area contributed by atoms with Gasteiger partial charge in [0.05, 0.1) is 6.54 Å². The zero-order valence-corrected chi connectivity index (χ0v) is 15.5. The number of piperidine rings is 1. The highest BCUT2D eigenvalue weighted by atomic mass is 16.5. The van der Waals surface area contributed by atoms with Crippen molar-refractivity contribution in [3.8, 4) is 5.75 Å². The molecule has 1 aliphatic rings. The molecular formula is C20H23N3O5. The van der Waals surface area contributed by atoms with E-state index in [9.17, 15) is 14.4 Å². The van der Waals surface area contributed by atoms with E-state index in [2.05, 4.69) is 10.2 Å². The Morgan fingerprint density at radius 1 is 1.14 bits per heavy atom.